The number of rotatable bonds is 0. The number of hydrazine groups is 1. The van der Waals surface area contributed by atoms with Crippen LogP contribution in [-0.2, 0) is 7.05 Å². The van der Waals surface area contributed by atoms with E-state index in [-0.39, 0.29) is 5.78 Å². The lowest BCUT2D eigenvalue weighted by atomic mass is 9.89. The Morgan fingerprint density at radius 2 is 2.00 bits per heavy atom. The molecule has 0 saturated carbocycles. The van der Waals surface area contributed by atoms with Crippen LogP contribution in [0.25, 0.3) is 22.2 Å². The molecule has 3 aromatic rings. The predicted molar refractivity (Wildman–Crippen MR) is 85.6 cm³/mol. The first kappa shape index (κ1) is 14.6. The minimum Gasteiger partial charge on any atom is -0.288 e. The third-order valence-corrected chi connectivity index (χ3v) is 3.83. The normalized spacial score (nSPS) is 11.9. The highest BCUT2D eigenvalue weighted by Crippen LogP contribution is 2.40. The smallest absolute Gasteiger partial charge is 0.197 e. The van der Waals surface area contributed by atoms with Crippen LogP contribution in [0.4, 0.5) is 0 Å². The van der Waals surface area contributed by atoms with Crippen molar-refractivity contribution < 1.29 is 4.79 Å². The zero-order chi connectivity index (χ0) is 15.9. The van der Waals surface area contributed by atoms with E-state index in [1.54, 1.807) is 30.2 Å². The van der Waals surface area contributed by atoms with E-state index in [9.17, 15) is 4.79 Å². The van der Waals surface area contributed by atoms with Crippen LogP contribution in [0, 0.1) is 0 Å². The van der Waals surface area contributed by atoms with E-state index in [4.69, 9.17) is 11.6 Å². The number of ketones is 1. The van der Waals surface area contributed by atoms with E-state index in [1.807, 2.05) is 19.2 Å². The van der Waals surface area contributed by atoms with Crippen molar-refractivity contribution in [3.63, 3.8) is 0 Å². The summed E-state index contributed by atoms with van der Waals surface area (Å²) in [7, 11) is 3.51. The number of aryl methyl sites for hydroxylation is 1. The highest BCUT2D eigenvalue weighted by Gasteiger charge is 2.30. The zero-order valence-electron chi connectivity index (χ0n) is 12.1. The average molecular weight is 316 g/mol. The molecule has 0 atom stereocenters. The summed E-state index contributed by atoms with van der Waals surface area (Å²) in [5.74, 6) is 4.51. The van der Waals surface area contributed by atoms with Gasteiger partial charge in [-0.2, -0.15) is 5.10 Å². The Morgan fingerprint density at radius 1 is 1.27 bits per heavy atom. The zero-order valence-corrected chi connectivity index (χ0v) is 12.8. The fourth-order valence-electron chi connectivity index (χ4n) is 2.66. The predicted octanol–water partition coefficient (Wildman–Crippen LogP) is 1.91. The number of aromatic nitrogens is 3. The summed E-state index contributed by atoms with van der Waals surface area (Å²) >= 11 is 6.20. The van der Waals surface area contributed by atoms with Gasteiger partial charge in [-0.3, -0.25) is 25.7 Å². The first-order valence-corrected chi connectivity index (χ1v) is 6.99. The van der Waals surface area contributed by atoms with Crippen molar-refractivity contribution in [2.45, 2.75) is 0 Å². The molecule has 6 nitrogen and oxygen atoms in total. The van der Waals surface area contributed by atoms with Gasteiger partial charge in [0.05, 0.1) is 21.7 Å². The maximum atomic E-state index is 12.6. The van der Waals surface area contributed by atoms with E-state index in [0.717, 1.165) is 22.2 Å². The molecule has 1 aliphatic rings. The van der Waals surface area contributed by atoms with Crippen LogP contribution in [0.5, 0.6) is 0 Å². The third kappa shape index (κ3) is 2.00. The number of fused-ring (bicyclic) bond motifs is 2. The SMILES string of the molecule is CNN.Cn1nc2c3c(c(Cl)ccc31)C(=O)c1cnccc1-2. The molecule has 22 heavy (non-hydrogen) atoms. The van der Waals surface area contributed by atoms with Crippen molar-refractivity contribution >= 4 is 28.3 Å². The molecule has 3 N–H and O–H groups in total. The number of nitrogens with two attached hydrogens (primary N) is 1. The summed E-state index contributed by atoms with van der Waals surface area (Å²) in [4.78, 5) is 16.6. The van der Waals surface area contributed by atoms with Crippen LogP contribution >= 0.6 is 11.6 Å². The van der Waals surface area contributed by atoms with Gasteiger partial charge < -0.3 is 0 Å². The molecular formula is C15H14ClN5O. The number of hydrogen-bond acceptors (Lipinski definition) is 5. The number of halogens is 1. The average Bonchev–Trinajstić information content (AvgIpc) is 2.84. The van der Waals surface area contributed by atoms with Crippen LogP contribution in [0.3, 0.4) is 0 Å². The molecule has 112 valence electrons. The Kier molecular flexibility index (Phi) is 3.66. The van der Waals surface area contributed by atoms with E-state index >= 15 is 0 Å². The fraction of sp³-hybridized carbons (Fsp3) is 0.133. The van der Waals surface area contributed by atoms with E-state index in [1.165, 1.54) is 0 Å². The van der Waals surface area contributed by atoms with Crippen molar-refractivity contribution in [2.75, 3.05) is 7.05 Å². The second-order valence-corrected chi connectivity index (χ2v) is 5.23. The number of pyridine rings is 1. The summed E-state index contributed by atoms with van der Waals surface area (Å²) < 4.78 is 1.77. The lowest BCUT2D eigenvalue weighted by Crippen LogP contribution is -2.13. The van der Waals surface area contributed by atoms with Gasteiger partial charge in [0, 0.05) is 30.4 Å². The standard InChI is InChI=1S/C14H8ClN3O.CH6N2/c1-18-10-3-2-9(15)11-12(10)13(17-18)7-4-5-16-6-8(7)14(11)19;1-3-2/h2-6H,1H3;3H,2H2,1H3. The minimum absolute atomic E-state index is 0.0841. The number of carbonyl (C=O) groups excluding carboxylic acids is 1. The van der Waals surface area contributed by atoms with Gasteiger partial charge in [-0.05, 0) is 25.2 Å². The van der Waals surface area contributed by atoms with Crippen molar-refractivity contribution in [1.82, 2.24) is 20.2 Å². The van der Waals surface area contributed by atoms with E-state index < -0.39 is 0 Å². The molecule has 1 aliphatic carbocycles. The topological polar surface area (TPSA) is 85.8 Å². The van der Waals surface area contributed by atoms with Crippen LogP contribution in [0.1, 0.15) is 15.9 Å². The second-order valence-electron chi connectivity index (χ2n) is 4.83. The lowest BCUT2D eigenvalue weighted by molar-refractivity contribution is 0.104. The van der Waals surface area contributed by atoms with Crippen molar-refractivity contribution in [1.29, 1.82) is 0 Å². The van der Waals surface area contributed by atoms with E-state index in [0.29, 0.717) is 16.1 Å². The third-order valence-electron chi connectivity index (χ3n) is 3.52. The molecule has 0 radical (unpaired) electrons. The van der Waals surface area contributed by atoms with Crippen molar-refractivity contribution in [3.05, 3.63) is 46.7 Å². The molecule has 4 rings (SSSR count). The molecule has 0 fully saturated rings. The van der Waals surface area contributed by atoms with Crippen LogP contribution < -0.4 is 11.3 Å². The number of benzene rings is 1. The summed E-state index contributed by atoms with van der Waals surface area (Å²) in [6.45, 7) is 0. The Balaban J connectivity index is 0.000000446. The van der Waals surface area contributed by atoms with Crippen molar-refractivity contribution in [3.8, 4) is 11.3 Å². The van der Waals surface area contributed by atoms with Crippen molar-refractivity contribution in [2.24, 2.45) is 12.9 Å². The first-order valence-electron chi connectivity index (χ1n) is 6.61. The molecule has 1 aromatic carbocycles. The van der Waals surface area contributed by atoms with Crippen LogP contribution in [0.15, 0.2) is 30.6 Å². The fourth-order valence-corrected chi connectivity index (χ4v) is 2.90. The highest BCUT2D eigenvalue weighted by atomic mass is 35.5. The molecule has 0 spiro atoms. The molecular weight excluding hydrogens is 302 g/mol. The summed E-state index contributed by atoms with van der Waals surface area (Å²) in [5, 5.41) is 5.81. The van der Waals surface area contributed by atoms with Gasteiger partial charge in [0.2, 0.25) is 0 Å². The first-order chi connectivity index (χ1) is 10.6. The van der Waals surface area contributed by atoms with Gasteiger partial charge in [-0.1, -0.05) is 11.6 Å². The molecule has 0 amide bonds. The molecule has 2 aromatic heterocycles. The van der Waals surface area contributed by atoms with Gasteiger partial charge in [-0.25, -0.2) is 0 Å². The maximum absolute atomic E-state index is 12.6. The number of nitrogens with one attached hydrogen (secondary N) is 1. The Morgan fingerprint density at radius 3 is 2.73 bits per heavy atom. The molecule has 2 heterocycles. The monoisotopic (exact) mass is 315 g/mol. The summed E-state index contributed by atoms with van der Waals surface area (Å²) in [6, 6.07) is 5.44. The Bertz CT molecular complexity index is 887. The van der Waals surface area contributed by atoms with Crippen LogP contribution in [0.2, 0.25) is 5.02 Å². The largest absolute Gasteiger partial charge is 0.288 e. The minimum atomic E-state index is -0.0841. The van der Waals surface area contributed by atoms with Crippen LogP contribution in [-0.4, -0.2) is 27.6 Å². The quantitative estimate of drug-likeness (QED) is 0.382. The number of hydrogen-bond donors (Lipinski definition) is 2. The highest BCUT2D eigenvalue weighted by molar-refractivity contribution is 6.39. The molecule has 0 aliphatic heterocycles. The van der Waals surface area contributed by atoms with Gasteiger partial charge in [-0.15, -0.1) is 0 Å². The molecule has 0 saturated heterocycles. The lowest BCUT2D eigenvalue weighted by Gasteiger charge is -2.14. The second kappa shape index (κ2) is 5.49. The van der Waals surface area contributed by atoms with Gasteiger partial charge >= 0.3 is 0 Å². The summed E-state index contributed by atoms with van der Waals surface area (Å²) in [6.07, 6.45) is 3.24. The molecule has 0 unspecified atom stereocenters. The molecule has 0 bridgehead atoms. The summed E-state index contributed by atoms with van der Waals surface area (Å²) in [5.41, 5.74) is 5.86. The number of carbonyl (C=O) groups is 1. The van der Waals surface area contributed by atoms with Gasteiger partial charge in [0.25, 0.3) is 0 Å². The Hall–Kier alpha value is -2.28. The number of nitrogens with zero attached hydrogens (tertiary/aromatic N) is 3. The maximum Gasteiger partial charge on any atom is 0.197 e. The van der Waals surface area contributed by atoms with Gasteiger partial charge in [0.1, 0.15) is 5.69 Å². The van der Waals surface area contributed by atoms with E-state index in [2.05, 4.69) is 21.4 Å². The van der Waals surface area contributed by atoms with Gasteiger partial charge in [0.15, 0.2) is 5.78 Å². The Labute approximate surface area is 131 Å². The molecule has 7 heteroatoms.